The van der Waals surface area contributed by atoms with Gasteiger partial charge in [-0.2, -0.15) is 0 Å². The van der Waals surface area contributed by atoms with Crippen molar-refractivity contribution in [1.82, 2.24) is 16.0 Å². The zero-order valence-electron chi connectivity index (χ0n) is 19.6. The summed E-state index contributed by atoms with van der Waals surface area (Å²) in [4.78, 5) is 49.6. The molecule has 1 atom stereocenters. The van der Waals surface area contributed by atoms with Gasteiger partial charge < -0.3 is 36.4 Å². The zero-order valence-corrected chi connectivity index (χ0v) is 20.5. The van der Waals surface area contributed by atoms with Gasteiger partial charge in [-0.05, 0) is 54.8 Å². The molecule has 1 unspecified atom stereocenters. The van der Waals surface area contributed by atoms with Crippen molar-refractivity contribution >= 4 is 35.0 Å². The summed E-state index contributed by atoms with van der Waals surface area (Å²) in [6, 6.07) is 9.92. The summed E-state index contributed by atoms with van der Waals surface area (Å²) in [5.41, 5.74) is 1.22. The van der Waals surface area contributed by atoms with Crippen molar-refractivity contribution in [2.24, 2.45) is 0 Å². The van der Waals surface area contributed by atoms with Crippen molar-refractivity contribution < 1.29 is 39.6 Å². The van der Waals surface area contributed by atoms with Crippen LogP contribution in [0.4, 0.5) is 0 Å². The highest BCUT2D eigenvalue weighted by Gasteiger charge is 2.25. The number of carboxylic acids is 1. The van der Waals surface area contributed by atoms with Gasteiger partial charge in [0, 0.05) is 24.7 Å². The first-order valence-electron chi connectivity index (χ1n) is 11.0. The average Bonchev–Trinajstić information content (AvgIpc) is 3.22. The van der Waals surface area contributed by atoms with E-state index in [1.165, 1.54) is 6.07 Å². The van der Waals surface area contributed by atoms with Crippen LogP contribution < -0.4 is 16.0 Å². The second kappa shape index (κ2) is 11.9. The second-order valence-electron chi connectivity index (χ2n) is 8.11. The van der Waals surface area contributed by atoms with Gasteiger partial charge in [-0.25, -0.2) is 4.79 Å². The van der Waals surface area contributed by atoms with Gasteiger partial charge in [0.2, 0.25) is 0 Å². The van der Waals surface area contributed by atoms with E-state index in [2.05, 4.69) is 16.0 Å². The minimum absolute atomic E-state index is 0.0956. The maximum absolute atomic E-state index is 12.8. The highest BCUT2D eigenvalue weighted by atomic mass is 32.1. The summed E-state index contributed by atoms with van der Waals surface area (Å²) in [6.07, 6.45) is 0.492. The predicted octanol–water partition coefficient (Wildman–Crippen LogP) is 1.76. The molecular formula is C25H25N3O8S. The molecule has 1 aromatic heterocycles. The van der Waals surface area contributed by atoms with E-state index in [1.807, 2.05) is 6.07 Å². The molecule has 12 heteroatoms. The van der Waals surface area contributed by atoms with Crippen molar-refractivity contribution in [2.75, 3.05) is 13.1 Å². The fourth-order valence-electron chi connectivity index (χ4n) is 3.39. The molecule has 3 amide bonds. The predicted molar refractivity (Wildman–Crippen MR) is 134 cm³/mol. The quantitative estimate of drug-likeness (QED) is 0.208. The molecule has 7 N–H and O–H groups in total. The number of nitrogens with one attached hydrogen (secondary N) is 3. The lowest BCUT2D eigenvalue weighted by molar-refractivity contribution is -0.139. The van der Waals surface area contributed by atoms with Crippen LogP contribution in [0.3, 0.4) is 0 Å². The van der Waals surface area contributed by atoms with E-state index in [4.69, 9.17) is 0 Å². The number of carbonyl (C=O) groups excluding carboxylic acids is 3. The van der Waals surface area contributed by atoms with Crippen LogP contribution in [0.15, 0.2) is 48.5 Å². The number of thiophene rings is 1. The number of aliphatic carboxylic acids is 1. The summed E-state index contributed by atoms with van der Waals surface area (Å²) in [5.74, 6) is -3.84. The number of phenols is 3. The molecule has 0 spiro atoms. The van der Waals surface area contributed by atoms with E-state index in [0.717, 1.165) is 35.1 Å². The Morgan fingerprint density at radius 2 is 1.57 bits per heavy atom. The molecule has 37 heavy (non-hydrogen) atoms. The number of rotatable bonds is 10. The summed E-state index contributed by atoms with van der Waals surface area (Å²) < 4.78 is 0. The number of carbonyl (C=O) groups is 4. The van der Waals surface area contributed by atoms with E-state index in [0.29, 0.717) is 18.5 Å². The van der Waals surface area contributed by atoms with Crippen LogP contribution in [0.2, 0.25) is 0 Å². The standard InChI is InChI=1S/C25H25N3O8S/c1-13-7-20(23(33)26-6-5-14-3-2-4-16(29)8-14)37-21(13)24(34)28-19(25(35)36)12-27-22(32)15-9-17(30)11-18(31)10-15/h2-4,7-11,19,29-31H,5-6,12H2,1H3,(H,26,33)(H,27,32)(H,28,34)(H,35,36). The van der Waals surface area contributed by atoms with Crippen molar-refractivity contribution in [2.45, 2.75) is 19.4 Å². The molecule has 0 aliphatic carbocycles. The molecule has 0 fully saturated rings. The average molecular weight is 528 g/mol. The maximum Gasteiger partial charge on any atom is 0.328 e. The van der Waals surface area contributed by atoms with Crippen LogP contribution in [0.25, 0.3) is 0 Å². The molecular weight excluding hydrogens is 502 g/mol. The van der Waals surface area contributed by atoms with Crippen LogP contribution >= 0.6 is 11.3 Å². The van der Waals surface area contributed by atoms with E-state index >= 15 is 0 Å². The van der Waals surface area contributed by atoms with Gasteiger partial charge in [-0.3, -0.25) is 14.4 Å². The van der Waals surface area contributed by atoms with Gasteiger partial charge in [0.1, 0.15) is 23.3 Å². The molecule has 3 aromatic rings. The number of aromatic hydroxyl groups is 3. The first kappa shape index (κ1) is 27.0. The SMILES string of the molecule is Cc1cc(C(=O)NCCc2cccc(O)c2)sc1C(=O)NC(CNC(=O)c1cc(O)cc(O)c1)C(=O)O. The number of hydrogen-bond acceptors (Lipinski definition) is 8. The van der Waals surface area contributed by atoms with Crippen LogP contribution in [0.1, 0.15) is 40.8 Å². The van der Waals surface area contributed by atoms with Gasteiger partial charge >= 0.3 is 5.97 Å². The summed E-state index contributed by atoms with van der Waals surface area (Å²) >= 11 is 0.903. The van der Waals surface area contributed by atoms with Crippen molar-refractivity contribution in [3.63, 3.8) is 0 Å². The smallest absolute Gasteiger partial charge is 0.328 e. The molecule has 0 saturated heterocycles. The fourth-order valence-corrected chi connectivity index (χ4v) is 4.38. The van der Waals surface area contributed by atoms with Crippen LogP contribution in [0.5, 0.6) is 17.2 Å². The van der Waals surface area contributed by atoms with Crippen LogP contribution in [-0.4, -0.2) is 63.2 Å². The Hall–Kier alpha value is -4.58. The Bertz CT molecular complexity index is 1320. The summed E-state index contributed by atoms with van der Waals surface area (Å²) in [7, 11) is 0. The maximum atomic E-state index is 12.8. The number of benzene rings is 2. The molecule has 0 bridgehead atoms. The third-order valence-corrected chi connectivity index (χ3v) is 6.43. The van der Waals surface area contributed by atoms with Crippen molar-refractivity contribution in [3.8, 4) is 17.2 Å². The zero-order chi connectivity index (χ0) is 27.1. The highest BCUT2D eigenvalue weighted by molar-refractivity contribution is 7.16. The first-order chi connectivity index (χ1) is 17.5. The monoisotopic (exact) mass is 527 g/mol. The number of aryl methyl sites for hydroxylation is 1. The number of hydrogen-bond donors (Lipinski definition) is 7. The first-order valence-corrected chi connectivity index (χ1v) is 11.9. The van der Waals surface area contributed by atoms with Crippen LogP contribution in [0, 0.1) is 6.92 Å². The second-order valence-corrected chi connectivity index (χ2v) is 9.16. The molecule has 11 nitrogen and oxygen atoms in total. The largest absolute Gasteiger partial charge is 0.508 e. The molecule has 1 heterocycles. The van der Waals surface area contributed by atoms with Gasteiger partial charge in [-0.15, -0.1) is 11.3 Å². The third-order valence-electron chi connectivity index (χ3n) is 5.19. The molecule has 2 aromatic carbocycles. The van der Waals surface area contributed by atoms with E-state index in [1.54, 1.807) is 25.1 Å². The van der Waals surface area contributed by atoms with E-state index in [-0.39, 0.29) is 32.6 Å². The Morgan fingerprint density at radius 3 is 2.22 bits per heavy atom. The summed E-state index contributed by atoms with van der Waals surface area (Å²) in [6.45, 7) is 1.45. The van der Waals surface area contributed by atoms with E-state index < -0.39 is 36.3 Å². The number of amides is 3. The highest BCUT2D eigenvalue weighted by Crippen LogP contribution is 2.22. The number of phenolic OH excluding ortho intramolecular Hbond substituents is 3. The molecule has 194 valence electrons. The lowest BCUT2D eigenvalue weighted by Gasteiger charge is -2.15. The molecule has 3 rings (SSSR count). The van der Waals surface area contributed by atoms with Gasteiger partial charge in [0.15, 0.2) is 0 Å². The minimum Gasteiger partial charge on any atom is -0.508 e. The Morgan fingerprint density at radius 1 is 0.865 bits per heavy atom. The normalized spacial score (nSPS) is 11.4. The Labute approximate surface area is 215 Å². The van der Waals surface area contributed by atoms with Crippen molar-refractivity contribution in [3.05, 3.63) is 75.0 Å². The Kier molecular flexibility index (Phi) is 8.69. The van der Waals surface area contributed by atoms with Gasteiger partial charge in [-0.1, -0.05) is 12.1 Å². The minimum atomic E-state index is -1.48. The molecule has 0 radical (unpaired) electrons. The van der Waals surface area contributed by atoms with E-state index in [9.17, 15) is 39.6 Å². The lowest BCUT2D eigenvalue weighted by atomic mass is 10.1. The Balaban J connectivity index is 1.58. The molecule has 0 saturated carbocycles. The topological polar surface area (TPSA) is 185 Å². The summed E-state index contributed by atoms with van der Waals surface area (Å²) in [5, 5.41) is 45.4. The van der Waals surface area contributed by atoms with Crippen molar-refractivity contribution in [1.29, 1.82) is 0 Å². The lowest BCUT2D eigenvalue weighted by Crippen LogP contribution is -2.48. The molecule has 0 aliphatic rings. The molecule has 0 aliphatic heterocycles. The van der Waals surface area contributed by atoms with Gasteiger partial charge in [0.05, 0.1) is 9.75 Å². The third kappa shape index (κ3) is 7.45. The number of carboxylic acid groups (broad SMARTS) is 1. The fraction of sp³-hybridized carbons (Fsp3) is 0.200. The van der Waals surface area contributed by atoms with Gasteiger partial charge in [0.25, 0.3) is 17.7 Å². The van der Waals surface area contributed by atoms with Crippen LogP contribution in [-0.2, 0) is 11.2 Å².